The Bertz CT molecular complexity index is 240. The maximum Gasteiger partial charge on any atom is 1.00 e. The van der Waals surface area contributed by atoms with E-state index < -0.39 is 0 Å². The van der Waals surface area contributed by atoms with E-state index in [0.29, 0.717) is 6.54 Å². The van der Waals surface area contributed by atoms with Gasteiger partial charge < -0.3 is 10.8 Å². The van der Waals surface area contributed by atoms with Crippen molar-refractivity contribution in [1.29, 1.82) is 0 Å². The number of nitrogens with zero attached hydrogens (tertiary/aromatic N) is 1. The molecule has 0 aliphatic heterocycles. The van der Waals surface area contributed by atoms with Crippen molar-refractivity contribution in [2.45, 2.75) is 13.5 Å². The summed E-state index contributed by atoms with van der Waals surface area (Å²) in [4.78, 5) is 3.58. The number of aromatic nitrogens is 1. The van der Waals surface area contributed by atoms with Gasteiger partial charge in [0.2, 0.25) is 0 Å². The average Bonchev–Trinajstić information content (AvgIpc) is 1.88. The molecule has 0 amide bonds. The van der Waals surface area contributed by atoms with Gasteiger partial charge in [0.05, 0.1) is 0 Å². The molecular formula is C7H9N2ORb. The summed E-state index contributed by atoms with van der Waals surface area (Å²) in [6, 6.07) is 1.49. The Kier molecular flexibility index (Phi) is 5.73. The van der Waals surface area contributed by atoms with Gasteiger partial charge in [-0.05, 0) is 30.0 Å². The van der Waals surface area contributed by atoms with Crippen molar-refractivity contribution < 1.29 is 63.3 Å². The van der Waals surface area contributed by atoms with Crippen molar-refractivity contribution in [1.82, 2.24) is 4.98 Å². The molecule has 11 heavy (non-hydrogen) atoms. The fourth-order valence-electron chi connectivity index (χ4n) is 0.772. The number of pyridine rings is 1. The summed E-state index contributed by atoms with van der Waals surface area (Å²) in [5.41, 5.74) is 7.21. The van der Waals surface area contributed by atoms with Gasteiger partial charge in [0, 0.05) is 12.7 Å². The molecule has 1 aromatic rings. The van der Waals surface area contributed by atoms with E-state index in [9.17, 15) is 5.11 Å². The Labute approximate surface area is 115 Å². The maximum absolute atomic E-state index is 10.6. The molecule has 0 spiro atoms. The predicted octanol–water partition coefficient (Wildman–Crippen LogP) is -3.07. The number of rotatable bonds is 1. The van der Waals surface area contributed by atoms with Crippen molar-refractivity contribution >= 4 is 0 Å². The third kappa shape index (κ3) is 3.30. The fourth-order valence-corrected chi connectivity index (χ4v) is 0.772. The zero-order valence-corrected chi connectivity index (χ0v) is 11.7. The second-order valence-corrected chi connectivity index (χ2v) is 2.15. The van der Waals surface area contributed by atoms with Crippen LogP contribution in [0, 0.1) is 6.92 Å². The van der Waals surface area contributed by atoms with Crippen LogP contribution >= 0.6 is 0 Å². The molecule has 0 aliphatic rings. The molecule has 0 fully saturated rings. The van der Waals surface area contributed by atoms with Crippen LogP contribution in [-0.2, 0) is 6.54 Å². The first-order valence-corrected chi connectivity index (χ1v) is 3.06. The minimum Gasteiger partial charge on any atom is -0.859 e. The summed E-state index contributed by atoms with van der Waals surface area (Å²) in [5, 5.41) is 10.6. The predicted molar refractivity (Wildman–Crippen MR) is 36.3 cm³/mol. The Morgan fingerprint density at radius 2 is 2.27 bits per heavy atom. The minimum atomic E-state index is -0.199. The smallest absolute Gasteiger partial charge is 0.859 e. The standard InChI is InChI=1S/C7H10N2O.Rb/c1-5-2-7(10)9-4-6(5)3-8;/h2,4H,3,8H2,1H3,(H,9,10);/q;+1/p-1. The molecule has 54 valence electrons. The summed E-state index contributed by atoms with van der Waals surface area (Å²) >= 11 is 0. The second-order valence-electron chi connectivity index (χ2n) is 2.15. The van der Waals surface area contributed by atoms with Gasteiger partial charge in [0.1, 0.15) is 0 Å². The van der Waals surface area contributed by atoms with Crippen LogP contribution in [0.2, 0.25) is 0 Å². The van der Waals surface area contributed by atoms with E-state index in [2.05, 4.69) is 4.98 Å². The molecule has 0 bridgehead atoms. The normalized spacial score (nSPS) is 8.91. The van der Waals surface area contributed by atoms with Crippen LogP contribution in [0.1, 0.15) is 11.1 Å². The zero-order valence-electron chi connectivity index (χ0n) is 6.79. The van der Waals surface area contributed by atoms with Gasteiger partial charge in [-0.2, -0.15) is 0 Å². The zero-order chi connectivity index (χ0) is 7.56. The third-order valence-corrected chi connectivity index (χ3v) is 1.41. The van der Waals surface area contributed by atoms with Crippen LogP contribution in [0.3, 0.4) is 0 Å². The molecule has 1 rings (SSSR count). The third-order valence-electron chi connectivity index (χ3n) is 1.41. The quantitative estimate of drug-likeness (QED) is 0.549. The molecule has 3 nitrogen and oxygen atoms in total. The Morgan fingerprint density at radius 1 is 1.64 bits per heavy atom. The molecule has 0 atom stereocenters. The van der Waals surface area contributed by atoms with E-state index in [4.69, 9.17) is 5.73 Å². The van der Waals surface area contributed by atoms with E-state index in [-0.39, 0.29) is 64.1 Å². The topological polar surface area (TPSA) is 62.0 Å². The SMILES string of the molecule is Cc1cc([O-])ncc1CN.[Rb+]. The number of nitrogens with two attached hydrogens (primary N) is 1. The number of hydrogen-bond acceptors (Lipinski definition) is 3. The van der Waals surface area contributed by atoms with Gasteiger partial charge in [-0.1, -0.05) is 0 Å². The van der Waals surface area contributed by atoms with E-state index in [0.717, 1.165) is 11.1 Å². The Morgan fingerprint density at radius 3 is 2.73 bits per heavy atom. The van der Waals surface area contributed by atoms with Gasteiger partial charge in [-0.3, -0.25) is 4.98 Å². The summed E-state index contributed by atoms with van der Waals surface area (Å²) < 4.78 is 0. The van der Waals surface area contributed by atoms with E-state index in [1.165, 1.54) is 12.3 Å². The van der Waals surface area contributed by atoms with Crippen molar-refractivity contribution in [2.24, 2.45) is 5.73 Å². The fraction of sp³-hybridized carbons (Fsp3) is 0.286. The van der Waals surface area contributed by atoms with Crippen LogP contribution in [0.15, 0.2) is 12.3 Å². The molecule has 0 unspecified atom stereocenters. The molecule has 0 saturated carbocycles. The molecular weight excluding hydrogens is 214 g/mol. The van der Waals surface area contributed by atoms with Crippen molar-refractivity contribution in [3.05, 3.63) is 23.4 Å². The average molecular weight is 223 g/mol. The van der Waals surface area contributed by atoms with Crippen molar-refractivity contribution in [3.63, 3.8) is 0 Å². The monoisotopic (exact) mass is 222 g/mol. The molecule has 0 aromatic carbocycles. The van der Waals surface area contributed by atoms with Gasteiger partial charge in [-0.25, -0.2) is 0 Å². The summed E-state index contributed by atoms with van der Waals surface area (Å²) in [6.45, 7) is 2.30. The number of hydrogen-bond donors (Lipinski definition) is 1. The maximum atomic E-state index is 10.6. The Hall–Kier alpha value is 0.715. The van der Waals surface area contributed by atoms with Crippen LogP contribution < -0.4 is 69.0 Å². The van der Waals surface area contributed by atoms with Crippen molar-refractivity contribution in [2.75, 3.05) is 0 Å². The minimum absolute atomic E-state index is 0. The van der Waals surface area contributed by atoms with E-state index in [1.54, 1.807) is 0 Å². The van der Waals surface area contributed by atoms with Crippen molar-refractivity contribution in [3.8, 4) is 5.88 Å². The number of aryl methyl sites for hydroxylation is 1. The van der Waals surface area contributed by atoms with E-state index >= 15 is 0 Å². The molecule has 0 radical (unpaired) electrons. The largest absolute Gasteiger partial charge is 1.00 e. The van der Waals surface area contributed by atoms with Gasteiger partial charge in [0.25, 0.3) is 0 Å². The van der Waals surface area contributed by atoms with Gasteiger partial charge >= 0.3 is 58.2 Å². The summed E-state index contributed by atoms with van der Waals surface area (Å²) in [6.07, 6.45) is 1.53. The van der Waals surface area contributed by atoms with Crippen LogP contribution in [0.4, 0.5) is 0 Å². The Balaban J connectivity index is 0.000001000. The molecule has 1 heterocycles. The van der Waals surface area contributed by atoms with Gasteiger partial charge in [-0.15, -0.1) is 0 Å². The molecule has 4 heteroatoms. The molecule has 0 saturated heterocycles. The first kappa shape index (κ1) is 11.7. The van der Waals surface area contributed by atoms with Gasteiger partial charge in [0.15, 0.2) is 0 Å². The molecule has 2 N–H and O–H groups in total. The van der Waals surface area contributed by atoms with Crippen LogP contribution in [-0.4, -0.2) is 4.98 Å². The van der Waals surface area contributed by atoms with E-state index in [1.807, 2.05) is 6.92 Å². The van der Waals surface area contributed by atoms with Crippen LogP contribution in [0.25, 0.3) is 0 Å². The first-order chi connectivity index (χ1) is 4.74. The van der Waals surface area contributed by atoms with Crippen LogP contribution in [0.5, 0.6) is 5.88 Å². The molecule has 0 aliphatic carbocycles. The second kappa shape index (κ2) is 5.38. The molecule has 1 aromatic heterocycles. The summed E-state index contributed by atoms with van der Waals surface area (Å²) in [7, 11) is 0. The first-order valence-electron chi connectivity index (χ1n) is 3.06. The summed E-state index contributed by atoms with van der Waals surface area (Å²) in [5.74, 6) is -0.199.